The lowest BCUT2D eigenvalue weighted by molar-refractivity contribution is 0.111. The molecule has 0 atom stereocenters. The maximum Gasteiger partial charge on any atom is 0.410 e. The fraction of sp³-hybridized carbons (Fsp3) is 0.800. The highest BCUT2D eigenvalue weighted by Crippen LogP contribution is 2.01. The summed E-state index contributed by atoms with van der Waals surface area (Å²) in [6.45, 7) is 1.98. The minimum atomic E-state index is -0.281. The monoisotopic (exact) mass is 146 g/mol. The zero-order valence-electron chi connectivity index (χ0n) is 5.58. The van der Waals surface area contributed by atoms with Crippen LogP contribution in [0.1, 0.15) is 0 Å². The first-order valence-corrected chi connectivity index (χ1v) is 3.08. The summed E-state index contributed by atoms with van der Waals surface area (Å²) in [4.78, 5) is 16.5. The lowest BCUT2D eigenvalue weighted by atomic mass is 10.5. The lowest BCUT2D eigenvalue weighted by Crippen LogP contribution is -2.28. The van der Waals surface area contributed by atoms with Crippen molar-refractivity contribution in [3.8, 4) is 0 Å². The smallest absolute Gasteiger partial charge is 0.410 e. The fourth-order valence-electron chi connectivity index (χ4n) is 0.792. The zero-order chi connectivity index (χ0) is 7.40. The van der Waals surface area contributed by atoms with Gasteiger partial charge in [-0.3, -0.25) is 0 Å². The molecule has 2 N–H and O–H groups in total. The van der Waals surface area contributed by atoms with Crippen molar-refractivity contribution >= 4 is 6.09 Å². The summed E-state index contributed by atoms with van der Waals surface area (Å²) in [6.07, 6.45) is -0.281. The van der Waals surface area contributed by atoms with Crippen molar-refractivity contribution in [2.45, 2.75) is 0 Å². The number of carbonyl (C=O) groups is 1. The van der Waals surface area contributed by atoms with Crippen molar-refractivity contribution in [1.29, 1.82) is 0 Å². The fourth-order valence-corrected chi connectivity index (χ4v) is 0.792. The summed E-state index contributed by atoms with van der Waals surface area (Å²) in [5.74, 6) is 4.77. The van der Waals surface area contributed by atoms with E-state index in [1.165, 1.54) is 0 Å². The second-order valence-corrected chi connectivity index (χ2v) is 1.97. The van der Waals surface area contributed by atoms with E-state index in [0.717, 1.165) is 0 Å². The average molecular weight is 146 g/mol. The van der Waals surface area contributed by atoms with Crippen molar-refractivity contribution in [2.24, 2.45) is 5.90 Å². The van der Waals surface area contributed by atoms with E-state index in [2.05, 4.69) is 9.57 Å². The Hall–Kier alpha value is -0.810. The van der Waals surface area contributed by atoms with Crippen LogP contribution in [0.3, 0.4) is 0 Å². The Bertz CT molecular complexity index is 128. The largest absolute Gasteiger partial charge is 0.448 e. The topological polar surface area (TPSA) is 64.8 Å². The van der Waals surface area contributed by atoms with Gasteiger partial charge in [-0.1, -0.05) is 0 Å². The van der Waals surface area contributed by atoms with Crippen molar-refractivity contribution in [2.75, 3.05) is 26.3 Å². The molecule has 0 aromatic heterocycles. The van der Waals surface area contributed by atoms with Gasteiger partial charge in [0.25, 0.3) is 0 Å². The second kappa shape index (κ2) is 3.38. The molecule has 5 nitrogen and oxygen atoms in total. The van der Waals surface area contributed by atoms with Crippen LogP contribution < -0.4 is 5.90 Å². The molecule has 0 saturated carbocycles. The Labute approximate surface area is 58.6 Å². The van der Waals surface area contributed by atoms with E-state index in [4.69, 9.17) is 5.90 Å². The van der Waals surface area contributed by atoms with Crippen LogP contribution in [0.15, 0.2) is 0 Å². The van der Waals surface area contributed by atoms with Crippen LogP contribution in [0.5, 0.6) is 0 Å². The lowest BCUT2D eigenvalue weighted by Gasteiger charge is -2.09. The summed E-state index contributed by atoms with van der Waals surface area (Å²) in [5, 5.41) is 0. The van der Waals surface area contributed by atoms with Crippen molar-refractivity contribution in [3.63, 3.8) is 0 Å². The molecule has 1 aliphatic heterocycles. The van der Waals surface area contributed by atoms with E-state index in [9.17, 15) is 4.79 Å². The van der Waals surface area contributed by atoms with E-state index in [1.807, 2.05) is 0 Å². The van der Waals surface area contributed by atoms with Crippen molar-refractivity contribution < 1.29 is 14.4 Å². The average Bonchev–Trinajstić information content (AvgIpc) is 2.31. The molecule has 0 aliphatic carbocycles. The molecule has 58 valence electrons. The first-order valence-electron chi connectivity index (χ1n) is 3.08. The maximum absolute atomic E-state index is 10.7. The van der Waals surface area contributed by atoms with Crippen LogP contribution in [0.25, 0.3) is 0 Å². The summed E-state index contributed by atoms with van der Waals surface area (Å²) in [6, 6.07) is 0. The number of nitrogens with two attached hydrogens (primary N) is 1. The summed E-state index contributed by atoms with van der Waals surface area (Å²) in [7, 11) is 0. The molecule has 0 aromatic carbocycles. The third kappa shape index (κ3) is 1.58. The van der Waals surface area contributed by atoms with Gasteiger partial charge in [-0.2, -0.15) is 0 Å². The quantitative estimate of drug-likeness (QED) is 0.536. The molecule has 1 amide bonds. The van der Waals surface area contributed by atoms with Crippen LogP contribution in [-0.2, 0) is 9.57 Å². The van der Waals surface area contributed by atoms with E-state index in [1.54, 1.807) is 4.90 Å². The van der Waals surface area contributed by atoms with Gasteiger partial charge in [-0.25, -0.2) is 10.7 Å². The number of cyclic esters (lactones) is 1. The normalized spacial score (nSPS) is 17.7. The molecule has 1 heterocycles. The van der Waals surface area contributed by atoms with Gasteiger partial charge in [0.2, 0.25) is 0 Å². The van der Waals surface area contributed by atoms with Gasteiger partial charge < -0.3 is 14.5 Å². The standard InChI is InChI=1S/C5H10N2O3/c6-10-4-2-7-1-3-9-5(7)8/h1-4,6H2. The minimum Gasteiger partial charge on any atom is -0.448 e. The number of hydrogen-bond donors (Lipinski definition) is 1. The van der Waals surface area contributed by atoms with E-state index in [-0.39, 0.29) is 6.09 Å². The Morgan fingerprint density at radius 3 is 3.10 bits per heavy atom. The Balaban J connectivity index is 2.20. The van der Waals surface area contributed by atoms with Gasteiger partial charge in [-0.05, 0) is 0 Å². The first-order chi connectivity index (χ1) is 4.84. The molecule has 0 radical (unpaired) electrons. The highest BCUT2D eigenvalue weighted by molar-refractivity contribution is 5.69. The summed E-state index contributed by atoms with van der Waals surface area (Å²) < 4.78 is 4.65. The second-order valence-electron chi connectivity index (χ2n) is 1.97. The molecule has 0 spiro atoms. The highest BCUT2D eigenvalue weighted by Gasteiger charge is 2.20. The summed E-state index contributed by atoms with van der Waals surface area (Å²) in [5.41, 5.74) is 0. The number of amides is 1. The number of hydrogen-bond acceptors (Lipinski definition) is 4. The molecule has 1 fully saturated rings. The molecule has 5 heteroatoms. The molecule has 0 bridgehead atoms. The molecule has 0 aromatic rings. The van der Waals surface area contributed by atoms with Crippen LogP contribution in [-0.4, -0.2) is 37.3 Å². The highest BCUT2D eigenvalue weighted by atomic mass is 16.6. The third-order valence-corrected chi connectivity index (χ3v) is 1.32. The molecule has 1 saturated heterocycles. The summed E-state index contributed by atoms with van der Waals surface area (Å²) >= 11 is 0. The van der Waals surface area contributed by atoms with Crippen LogP contribution in [0, 0.1) is 0 Å². The predicted octanol–water partition coefficient (Wildman–Crippen LogP) is -0.671. The molecule has 1 aliphatic rings. The number of ether oxygens (including phenoxy) is 1. The van der Waals surface area contributed by atoms with Gasteiger partial charge in [0.1, 0.15) is 6.61 Å². The van der Waals surface area contributed by atoms with Crippen LogP contribution in [0.4, 0.5) is 4.79 Å². The van der Waals surface area contributed by atoms with Crippen molar-refractivity contribution in [3.05, 3.63) is 0 Å². The molecule has 0 unspecified atom stereocenters. The molecular formula is C5H10N2O3. The number of carbonyl (C=O) groups excluding carboxylic acids is 1. The van der Waals surface area contributed by atoms with Crippen molar-refractivity contribution in [1.82, 2.24) is 4.90 Å². The number of rotatable bonds is 3. The third-order valence-electron chi connectivity index (χ3n) is 1.32. The predicted molar refractivity (Wildman–Crippen MR) is 33.1 cm³/mol. The minimum absolute atomic E-state index is 0.281. The van der Waals surface area contributed by atoms with Gasteiger partial charge in [0, 0.05) is 6.54 Å². The van der Waals surface area contributed by atoms with Gasteiger partial charge >= 0.3 is 6.09 Å². The molecular weight excluding hydrogens is 136 g/mol. The Morgan fingerprint density at radius 2 is 2.60 bits per heavy atom. The number of nitrogens with zero attached hydrogens (tertiary/aromatic N) is 1. The Kier molecular flexibility index (Phi) is 2.47. The van der Waals surface area contributed by atoms with Gasteiger partial charge in [0.05, 0.1) is 13.2 Å². The SMILES string of the molecule is NOCCN1CCOC1=O. The first kappa shape index (κ1) is 7.30. The maximum atomic E-state index is 10.7. The molecule has 1 rings (SSSR count). The molecule has 10 heavy (non-hydrogen) atoms. The Morgan fingerprint density at radius 1 is 1.80 bits per heavy atom. The van der Waals surface area contributed by atoms with E-state index >= 15 is 0 Å². The van der Waals surface area contributed by atoms with Crippen LogP contribution in [0.2, 0.25) is 0 Å². The van der Waals surface area contributed by atoms with E-state index < -0.39 is 0 Å². The van der Waals surface area contributed by atoms with Gasteiger partial charge in [0.15, 0.2) is 0 Å². The zero-order valence-corrected chi connectivity index (χ0v) is 5.58. The van der Waals surface area contributed by atoms with Gasteiger partial charge in [-0.15, -0.1) is 0 Å². The van der Waals surface area contributed by atoms with Crippen LogP contribution >= 0.6 is 0 Å². The van der Waals surface area contributed by atoms with E-state index in [0.29, 0.717) is 26.3 Å².